The molecular formula is C32H33N3O. The van der Waals surface area contributed by atoms with Crippen molar-refractivity contribution >= 4 is 17.3 Å². The fraction of sp³-hybridized carbons (Fsp3) is 0.219. The predicted molar refractivity (Wildman–Crippen MR) is 147 cm³/mol. The Balaban J connectivity index is 1.32. The molecule has 4 aromatic carbocycles. The smallest absolute Gasteiger partial charge is 0.245 e. The van der Waals surface area contributed by atoms with Gasteiger partial charge in [-0.2, -0.15) is 0 Å². The fourth-order valence-corrected chi connectivity index (χ4v) is 5.25. The minimum Gasteiger partial charge on any atom is -0.293 e. The van der Waals surface area contributed by atoms with E-state index in [1.54, 1.807) is 0 Å². The summed E-state index contributed by atoms with van der Waals surface area (Å²) in [5, 5.41) is 0. The molecule has 1 aliphatic rings. The van der Waals surface area contributed by atoms with E-state index in [0.717, 1.165) is 30.9 Å². The number of benzene rings is 4. The Kier molecular flexibility index (Phi) is 7.55. The van der Waals surface area contributed by atoms with Crippen LogP contribution >= 0.6 is 0 Å². The van der Waals surface area contributed by atoms with Crippen molar-refractivity contribution in [2.24, 2.45) is 0 Å². The van der Waals surface area contributed by atoms with Crippen LogP contribution in [-0.2, 0) is 4.79 Å². The van der Waals surface area contributed by atoms with Crippen LogP contribution in [-0.4, -0.2) is 48.4 Å². The standard InChI is InChI=1S/C32H33N3O/c1-33(25-31(36)35(28-18-10-4-11-19-28)29-20-12-5-13-21-29)30-22-23-34(24-30)32(26-14-6-2-7-15-26)27-16-8-3-9-17-27/h2-21,30,32H,22-25H2,1H3/t30-/m1/s1. The highest BCUT2D eigenvalue weighted by Crippen LogP contribution is 2.33. The second kappa shape index (κ2) is 11.3. The summed E-state index contributed by atoms with van der Waals surface area (Å²) in [7, 11) is 2.08. The molecule has 36 heavy (non-hydrogen) atoms. The Morgan fingerprint density at radius 2 is 1.19 bits per heavy atom. The molecule has 0 spiro atoms. The summed E-state index contributed by atoms with van der Waals surface area (Å²) in [5.74, 6) is 0.0796. The molecule has 0 bridgehead atoms. The molecule has 1 amide bonds. The Hall–Kier alpha value is -3.73. The maximum absolute atomic E-state index is 13.6. The first-order valence-electron chi connectivity index (χ1n) is 12.7. The van der Waals surface area contributed by atoms with Crippen LogP contribution < -0.4 is 4.90 Å². The molecule has 4 nitrogen and oxygen atoms in total. The zero-order chi connectivity index (χ0) is 24.7. The number of likely N-dealkylation sites (N-methyl/N-ethyl adjacent to an activating group) is 1. The lowest BCUT2D eigenvalue weighted by atomic mass is 9.97. The summed E-state index contributed by atoms with van der Waals surface area (Å²) in [4.78, 5) is 20.3. The van der Waals surface area contributed by atoms with Gasteiger partial charge in [-0.15, -0.1) is 0 Å². The van der Waals surface area contributed by atoms with E-state index in [9.17, 15) is 4.79 Å². The van der Waals surface area contributed by atoms with Crippen molar-refractivity contribution in [3.05, 3.63) is 132 Å². The van der Waals surface area contributed by atoms with E-state index < -0.39 is 0 Å². The fourth-order valence-electron chi connectivity index (χ4n) is 5.25. The van der Waals surface area contributed by atoms with Crippen molar-refractivity contribution in [1.29, 1.82) is 0 Å². The van der Waals surface area contributed by atoms with Gasteiger partial charge in [-0.25, -0.2) is 0 Å². The summed E-state index contributed by atoms with van der Waals surface area (Å²) in [6.45, 7) is 2.29. The van der Waals surface area contributed by atoms with Gasteiger partial charge in [0.1, 0.15) is 0 Å². The number of hydrogen-bond acceptors (Lipinski definition) is 3. The molecular weight excluding hydrogens is 442 g/mol. The number of nitrogens with zero attached hydrogens (tertiary/aromatic N) is 3. The van der Waals surface area contributed by atoms with E-state index >= 15 is 0 Å². The third-order valence-electron chi connectivity index (χ3n) is 7.08. The first-order valence-corrected chi connectivity index (χ1v) is 12.7. The van der Waals surface area contributed by atoms with Crippen LogP contribution in [0.25, 0.3) is 0 Å². The molecule has 0 saturated carbocycles. The summed E-state index contributed by atoms with van der Waals surface area (Å²) in [6, 6.07) is 41.8. The minimum absolute atomic E-state index is 0.0796. The van der Waals surface area contributed by atoms with Crippen LogP contribution in [0.1, 0.15) is 23.6 Å². The minimum atomic E-state index is 0.0796. The maximum atomic E-state index is 13.6. The summed E-state index contributed by atoms with van der Waals surface area (Å²) in [6.07, 6.45) is 1.04. The van der Waals surface area contributed by atoms with Crippen LogP contribution in [0.15, 0.2) is 121 Å². The largest absolute Gasteiger partial charge is 0.293 e. The van der Waals surface area contributed by atoms with E-state index in [-0.39, 0.29) is 11.9 Å². The summed E-state index contributed by atoms with van der Waals surface area (Å²) in [5.41, 5.74) is 4.40. The zero-order valence-corrected chi connectivity index (χ0v) is 20.8. The van der Waals surface area contributed by atoms with E-state index in [1.807, 2.05) is 65.6 Å². The molecule has 4 heteroatoms. The van der Waals surface area contributed by atoms with E-state index in [1.165, 1.54) is 11.1 Å². The quantitative estimate of drug-likeness (QED) is 0.306. The molecule has 1 atom stereocenters. The molecule has 0 aromatic heterocycles. The predicted octanol–water partition coefficient (Wildman–Crippen LogP) is 6.15. The third-order valence-corrected chi connectivity index (χ3v) is 7.08. The molecule has 0 radical (unpaired) electrons. The van der Waals surface area contributed by atoms with Gasteiger partial charge in [0.2, 0.25) is 5.91 Å². The van der Waals surface area contributed by atoms with Crippen molar-refractivity contribution in [1.82, 2.24) is 9.80 Å². The van der Waals surface area contributed by atoms with Crippen molar-refractivity contribution < 1.29 is 4.79 Å². The number of carbonyl (C=O) groups excluding carboxylic acids is 1. The SMILES string of the molecule is CN(CC(=O)N(c1ccccc1)c1ccccc1)[C@@H]1CCN(C(c2ccccc2)c2ccccc2)C1. The van der Waals surface area contributed by atoms with Crippen LogP contribution in [0.5, 0.6) is 0 Å². The highest BCUT2D eigenvalue weighted by Gasteiger charge is 2.33. The number of likely N-dealkylation sites (tertiary alicyclic amines) is 1. The molecule has 4 aromatic rings. The molecule has 1 fully saturated rings. The van der Waals surface area contributed by atoms with Crippen molar-refractivity contribution in [2.45, 2.75) is 18.5 Å². The lowest BCUT2D eigenvalue weighted by molar-refractivity contribution is -0.119. The van der Waals surface area contributed by atoms with Crippen LogP contribution in [0.3, 0.4) is 0 Å². The molecule has 0 unspecified atom stereocenters. The summed E-state index contributed by atoms with van der Waals surface area (Å²) < 4.78 is 0. The molecule has 5 rings (SSSR count). The van der Waals surface area contributed by atoms with Gasteiger partial charge in [0.15, 0.2) is 0 Å². The Morgan fingerprint density at radius 3 is 1.67 bits per heavy atom. The van der Waals surface area contributed by atoms with Crippen LogP contribution in [0, 0.1) is 0 Å². The Morgan fingerprint density at radius 1 is 0.750 bits per heavy atom. The maximum Gasteiger partial charge on any atom is 0.245 e. The first kappa shape index (κ1) is 24.0. The number of carbonyl (C=O) groups is 1. The van der Waals surface area contributed by atoms with E-state index in [2.05, 4.69) is 77.5 Å². The first-order chi connectivity index (χ1) is 17.7. The topological polar surface area (TPSA) is 26.8 Å². The van der Waals surface area contributed by atoms with Crippen LogP contribution in [0.4, 0.5) is 11.4 Å². The lowest BCUT2D eigenvalue weighted by Gasteiger charge is -2.31. The Bertz CT molecular complexity index is 1150. The highest BCUT2D eigenvalue weighted by atomic mass is 16.2. The van der Waals surface area contributed by atoms with E-state index in [0.29, 0.717) is 12.6 Å². The molecule has 1 heterocycles. The molecule has 0 aliphatic carbocycles. The average Bonchev–Trinajstić information content (AvgIpc) is 3.41. The summed E-state index contributed by atoms with van der Waals surface area (Å²) >= 11 is 0. The van der Waals surface area contributed by atoms with Crippen LogP contribution in [0.2, 0.25) is 0 Å². The van der Waals surface area contributed by atoms with Gasteiger partial charge in [-0.3, -0.25) is 19.5 Å². The number of amides is 1. The molecule has 0 N–H and O–H groups in total. The van der Waals surface area contributed by atoms with E-state index in [4.69, 9.17) is 0 Å². The highest BCUT2D eigenvalue weighted by molar-refractivity contribution is 6.01. The number of para-hydroxylation sites is 2. The second-order valence-corrected chi connectivity index (χ2v) is 9.48. The molecule has 1 saturated heterocycles. The number of hydrogen-bond donors (Lipinski definition) is 0. The van der Waals surface area contributed by atoms with Crippen molar-refractivity contribution in [3.8, 4) is 0 Å². The van der Waals surface area contributed by atoms with Gasteiger partial charge in [0.25, 0.3) is 0 Å². The van der Waals surface area contributed by atoms with Gasteiger partial charge >= 0.3 is 0 Å². The third kappa shape index (κ3) is 5.40. The number of rotatable bonds is 8. The average molecular weight is 476 g/mol. The Labute approximate surface area is 214 Å². The monoisotopic (exact) mass is 475 g/mol. The molecule has 182 valence electrons. The van der Waals surface area contributed by atoms with Crippen molar-refractivity contribution in [3.63, 3.8) is 0 Å². The normalized spacial score (nSPS) is 15.9. The second-order valence-electron chi connectivity index (χ2n) is 9.48. The lowest BCUT2D eigenvalue weighted by Crippen LogP contribution is -2.42. The van der Waals surface area contributed by atoms with Gasteiger partial charge in [-0.1, -0.05) is 97.1 Å². The van der Waals surface area contributed by atoms with Crippen molar-refractivity contribution in [2.75, 3.05) is 31.6 Å². The van der Waals surface area contributed by atoms with Gasteiger partial charge < -0.3 is 0 Å². The van der Waals surface area contributed by atoms with Gasteiger partial charge in [0.05, 0.1) is 12.6 Å². The molecule has 1 aliphatic heterocycles. The zero-order valence-electron chi connectivity index (χ0n) is 20.8. The number of anilines is 2. The van der Waals surface area contributed by atoms with Gasteiger partial charge in [-0.05, 0) is 48.9 Å². The van der Waals surface area contributed by atoms with Gasteiger partial charge in [0, 0.05) is 30.5 Å².